The fourth-order valence-electron chi connectivity index (χ4n) is 3.66. The van der Waals surface area contributed by atoms with Crippen LogP contribution in [-0.2, 0) is 10.5 Å². The SMILES string of the molecule is O=C(C1=C(O)C(=O)N(c2nnc(SCc3ccccc3Cl)s2)C1c1ccc(O)cc1)c1cccs1. The van der Waals surface area contributed by atoms with Crippen LogP contribution in [0.5, 0.6) is 5.75 Å². The summed E-state index contributed by atoms with van der Waals surface area (Å²) in [5.41, 5.74) is 1.45. The molecule has 0 spiro atoms. The number of thiophene rings is 1. The summed E-state index contributed by atoms with van der Waals surface area (Å²) in [6.45, 7) is 0. The third kappa shape index (κ3) is 4.57. The van der Waals surface area contributed by atoms with Gasteiger partial charge in [0.15, 0.2) is 10.1 Å². The number of aromatic hydroxyl groups is 1. The van der Waals surface area contributed by atoms with Gasteiger partial charge in [0.25, 0.3) is 5.91 Å². The number of nitrogens with zero attached hydrogens (tertiary/aromatic N) is 3. The van der Waals surface area contributed by atoms with Crippen LogP contribution < -0.4 is 4.90 Å². The second-order valence-electron chi connectivity index (χ2n) is 7.47. The van der Waals surface area contributed by atoms with Gasteiger partial charge in [-0.3, -0.25) is 14.5 Å². The van der Waals surface area contributed by atoms with Crippen LogP contribution in [0.3, 0.4) is 0 Å². The van der Waals surface area contributed by atoms with Gasteiger partial charge >= 0.3 is 0 Å². The third-order valence-electron chi connectivity index (χ3n) is 5.32. The van der Waals surface area contributed by atoms with E-state index in [0.717, 1.165) is 5.56 Å². The highest BCUT2D eigenvalue weighted by atomic mass is 35.5. The summed E-state index contributed by atoms with van der Waals surface area (Å²) in [5, 5.41) is 31.6. The largest absolute Gasteiger partial charge is 0.508 e. The van der Waals surface area contributed by atoms with Crippen molar-refractivity contribution in [3.63, 3.8) is 0 Å². The van der Waals surface area contributed by atoms with E-state index in [-0.39, 0.29) is 16.5 Å². The Balaban J connectivity index is 1.49. The smallest absolute Gasteiger partial charge is 0.296 e. The summed E-state index contributed by atoms with van der Waals surface area (Å²) in [6, 6.07) is 16.1. The van der Waals surface area contributed by atoms with Gasteiger partial charge in [-0.15, -0.1) is 21.5 Å². The molecule has 0 aliphatic carbocycles. The van der Waals surface area contributed by atoms with Gasteiger partial charge in [0.1, 0.15) is 5.75 Å². The Morgan fingerprint density at radius 3 is 2.54 bits per heavy atom. The lowest BCUT2D eigenvalue weighted by Crippen LogP contribution is -2.30. The van der Waals surface area contributed by atoms with Crippen molar-refractivity contribution in [2.75, 3.05) is 4.90 Å². The number of Topliss-reactive ketones (excluding diaryl/α,β-unsaturated/α-hetero) is 1. The van der Waals surface area contributed by atoms with Crippen molar-refractivity contribution in [2.45, 2.75) is 16.1 Å². The number of aromatic nitrogens is 2. The summed E-state index contributed by atoms with van der Waals surface area (Å²) in [4.78, 5) is 28.2. The molecule has 0 saturated carbocycles. The first-order valence-electron chi connectivity index (χ1n) is 10.3. The van der Waals surface area contributed by atoms with Crippen molar-refractivity contribution in [3.05, 3.63) is 98.4 Å². The lowest BCUT2D eigenvalue weighted by atomic mass is 9.95. The average molecular weight is 542 g/mol. The van der Waals surface area contributed by atoms with Crippen LogP contribution in [0.1, 0.15) is 26.8 Å². The van der Waals surface area contributed by atoms with E-state index in [2.05, 4.69) is 10.2 Å². The molecule has 3 heterocycles. The zero-order valence-corrected chi connectivity index (χ0v) is 21.0. The molecule has 11 heteroatoms. The van der Waals surface area contributed by atoms with Gasteiger partial charge < -0.3 is 10.2 Å². The number of aliphatic hydroxyl groups is 1. The van der Waals surface area contributed by atoms with Gasteiger partial charge in [-0.2, -0.15) is 0 Å². The normalized spacial score (nSPS) is 15.7. The molecule has 2 aromatic carbocycles. The van der Waals surface area contributed by atoms with Gasteiger partial charge in [0.2, 0.25) is 10.9 Å². The van der Waals surface area contributed by atoms with Crippen molar-refractivity contribution in [1.29, 1.82) is 0 Å². The highest BCUT2D eigenvalue weighted by Gasteiger charge is 2.46. The molecule has 1 amide bonds. The quantitative estimate of drug-likeness (QED) is 0.167. The first-order valence-corrected chi connectivity index (χ1v) is 13.3. The molecule has 1 aliphatic rings. The van der Waals surface area contributed by atoms with E-state index in [1.165, 1.54) is 51.5 Å². The topological polar surface area (TPSA) is 104 Å². The fourth-order valence-corrected chi connectivity index (χ4v) is 6.49. The van der Waals surface area contributed by atoms with E-state index in [4.69, 9.17) is 11.6 Å². The molecule has 0 radical (unpaired) electrons. The summed E-state index contributed by atoms with van der Waals surface area (Å²) >= 11 is 10.1. The number of anilines is 1. The lowest BCUT2D eigenvalue weighted by molar-refractivity contribution is -0.117. The zero-order valence-electron chi connectivity index (χ0n) is 17.8. The Morgan fingerprint density at radius 1 is 1.06 bits per heavy atom. The van der Waals surface area contributed by atoms with E-state index in [1.807, 2.05) is 24.3 Å². The van der Waals surface area contributed by atoms with Crippen molar-refractivity contribution < 1.29 is 19.8 Å². The second-order valence-corrected chi connectivity index (χ2v) is 11.0. The van der Waals surface area contributed by atoms with Crippen molar-refractivity contribution in [3.8, 4) is 5.75 Å². The molecule has 2 aromatic heterocycles. The molecule has 5 rings (SSSR count). The number of benzene rings is 2. The van der Waals surface area contributed by atoms with Gasteiger partial charge in [0, 0.05) is 10.8 Å². The highest BCUT2D eigenvalue weighted by molar-refractivity contribution is 8.00. The number of rotatable bonds is 7. The maximum absolute atomic E-state index is 13.3. The number of hydrogen-bond acceptors (Lipinski definition) is 9. The zero-order chi connectivity index (χ0) is 24.5. The van der Waals surface area contributed by atoms with Gasteiger partial charge in [-0.05, 0) is 40.8 Å². The summed E-state index contributed by atoms with van der Waals surface area (Å²) in [6.07, 6.45) is 0. The van der Waals surface area contributed by atoms with Gasteiger partial charge in [0.05, 0.1) is 16.5 Å². The number of hydrogen-bond donors (Lipinski definition) is 2. The molecule has 7 nitrogen and oxygen atoms in total. The molecular weight excluding hydrogens is 526 g/mol. The molecule has 4 aromatic rings. The number of thioether (sulfide) groups is 1. The van der Waals surface area contributed by atoms with Crippen LogP contribution in [0, 0.1) is 0 Å². The third-order valence-corrected chi connectivity index (χ3v) is 8.66. The molecule has 0 saturated heterocycles. The van der Waals surface area contributed by atoms with E-state index in [0.29, 0.717) is 25.6 Å². The van der Waals surface area contributed by atoms with E-state index in [1.54, 1.807) is 29.6 Å². The van der Waals surface area contributed by atoms with Gasteiger partial charge in [-0.1, -0.05) is 71.1 Å². The van der Waals surface area contributed by atoms with Crippen molar-refractivity contribution >= 4 is 62.9 Å². The average Bonchev–Trinajstić information content (AvgIpc) is 3.60. The number of amides is 1. The maximum Gasteiger partial charge on any atom is 0.296 e. The number of carbonyl (C=O) groups excluding carboxylic acids is 2. The lowest BCUT2D eigenvalue weighted by Gasteiger charge is -2.24. The van der Waals surface area contributed by atoms with Crippen molar-refractivity contribution in [2.24, 2.45) is 0 Å². The molecule has 176 valence electrons. The number of aliphatic hydroxyl groups excluding tert-OH is 1. The number of phenolic OH excluding ortho intramolecular Hbond substituents is 1. The maximum atomic E-state index is 13.3. The highest BCUT2D eigenvalue weighted by Crippen LogP contribution is 2.44. The Kier molecular flexibility index (Phi) is 6.61. The first kappa shape index (κ1) is 23.6. The summed E-state index contributed by atoms with van der Waals surface area (Å²) < 4.78 is 0.606. The predicted molar refractivity (Wildman–Crippen MR) is 138 cm³/mol. The van der Waals surface area contributed by atoms with Gasteiger partial charge in [-0.25, -0.2) is 0 Å². The number of phenols is 1. The molecule has 0 bridgehead atoms. The second kappa shape index (κ2) is 9.82. The Morgan fingerprint density at radius 2 is 1.83 bits per heavy atom. The van der Waals surface area contributed by atoms with Crippen molar-refractivity contribution in [1.82, 2.24) is 10.2 Å². The number of halogens is 1. The number of carbonyl (C=O) groups is 2. The molecule has 1 unspecified atom stereocenters. The van der Waals surface area contributed by atoms with Crippen LogP contribution in [0.2, 0.25) is 5.02 Å². The molecule has 35 heavy (non-hydrogen) atoms. The molecule has 2 N–H and O–H groups in total. The summed E-state index contributed by atoms with van der Waals surface area (Å²) in [5.74, 6) is -1.19. The molecular formula is C24H16ClN3O4S3. The minimum absolute atomic E-state index is 0.0383. The Hall–Kier alpha value is -3.18. The predicted octanol–water partition coefficient (Wildman–Crippen LogP) is 6.03. The Bertz CT molecular complexity index is 1430. The van der Waals surface area contributed by atoms with E-state index in [9.17, 15) is 19.8 Å². The van der Waals surface area contributed by atoms with Crippen LogP contribution in [0.15, 0.2) is 81.7 Å². The minimum Gasteiger partial charge on any atom is -0.508 e. The minimum atomic E-state index is -0.924. The van der Waals surface area contributed by atoms with Crippen LogP contribution in [-0.4, -0.2) is 32.1 Å². The molecule has 0 fully saturated rings. The van der Waals surface area contributed by atoms with Crippen LogP contribution in [0.4, 0.5) is 5.13 Å². The molecule has 1 atom stereocenters. The Labute approximate surface area is 217 Å². The monoisotopic (exact) mass is 541 g/mol. The fraction of sp³-hybridized carbons (Fsp3) is 0.0833. The van der Waals surface area contributed by atoms with Crippen LogP contribution >= 0.6 is 46.0 Å². The standard InChI is InChI=1S/C24H16ClN3O4S3/c25-16-5-2-1-4-14(16)12-34-24-27-26-23(35-24)28-19(13-7-9-15(29)10-8-13)18(21(31)22(28)32)20(30)17-6-3-11-33-17/h1-11,19,29,31H,12H2. The van der Waals surface area contributed by atoms with E-state index >= 15 is 0 Å². The van der Waals surface area contributed by atoms with Crippen LogP contribution in [0.25, 0.3) is 0 Å². The number of ketones is 1. The van der Waals surface area contributed by atoms with E-state index < -0.39 is 23.5 Å². The first-order chi connectivity index (χ1) is 16.9. The molecule has 1 aliphatic heterocycles. The summed E-state index contributed by atoms with van der Waals surface area (Å²) in [7, 11) is 0.